The minimum Gasteiger partial charge on any atom is -0.493 e. The van der Waals surface area contributed by atoms with Gasteiger partial charge in [-0.3, -0.25) is 0 Å². The van der Waals surface area contributed by atoms with Gasteiger partial charge in [0.25, 0.3) is 0 Å². The maximum atomic E-state index is 9.19. The van der Waals surface area contributed by atoms with E-state index in [1.54, 1.807) is 0 Å². The van der Waals surface area contributed by atoms with Crippen molar-refractivity contribution in [1.82, 2.24) is 10.2 Å². The van der Waals surface area contributed by atoms with Crippen LogP contribution in [0.2, 0.25) is 0 Å². The minimum absolute atomic E-state index is 0.571. The zero-order chi connectivity index (χ0) is 17.9. The molecule has 1 unspecified atom stereocenters. The van der Waals surface area contributed by atoms with Crippen molar-refractivity contribution in [2.75, 3.05) is 33.3 Å². The van der Waals surface area contributed by atoms with E-state index in [0.717, 1.165) is 48.3 Å². The van der Waals surface area contributed by atoms with Crippen LogP contribution in [0.3, 0.4) is 0 Å². The quantitative estimate of drug-likeness (QED) is 0.916. The summed E-state index contributed by atoms with van der Waals surface area (Å²) >= 11 is 0. The molecule has 0 amide bonds. The standard InChI is InChI=1S/C22H23N3O/c1-25-8-6-19-10-20(18-4-2-3-16(9-18)12-23)11-22(21(19)14-25)26-15-17-5-7-24-13-17/h2-4,6,9-11,14,17,24H,5,7-8,13,15H2,1H3. The largest absolute Gasteiger partial charge is 0.493 e. The Morgan fingerprint density at radius 1 is 1.27 bits per heavy atom. The van der Waals surface area contributed by atoms with Crippen molar-refractivity contribution < 1.29 is 4.74 Å². The predicted octanol–water partition coefficient (Wildman–Crippen LogP) is 1.68. The van der Waals surface area contributed by atoms with Crippen molar-refractivity contribution in [1.29, 1.82) is 5.26 Å². The van der Waals surface area contributed by atoms with Crippen LogP contribution >= 0.6 is 0 Å². The summed E-state index contributed by atoms with van der Waals surface area (Å²) in [5.41, 5.74) is 2.82. The summed E-state index contributed by atoms with van der Waals surface area (Å²) in [4.78, 5) is 2.17. The van der Waals surface area contributed by atoms with Crippen LogP contribution < -0.4 is 20.5 Å². The van der Waals surface area contributed by atoms with Crippen LogP contribution in [0.25, 0.3) is 23.4 Å². The molecule has 2 aromatic rings. The second-order valence-electron chi connectivity index (χ2n) is 7.11. The molecule has 1 saturated heterocycles. The summed E-state index contributed by atoms with van der Waals surface area (Å²) in [5, 5.41) is 14.9. The molecule has 4 nitrogen and oxygen atoms in total. The lowest BCUT2D eigenvalue weighted by atomic mass is 10.0. The monoisotopic (exact) mass is 345 g/mol. The minimum atomic E-state index is 0.571. The molecule has 1 fully saturated rings. The van der Waals surface area contributed by atoms with Gasteiger partial charge in [0, 0.05) is 37.5 Å². The molecule has 2 aromatic carbocycles. The highest BCUT2D eigenvalue weighted by molar-refractivity contribution is 5.68. The van der Waals surface area contributed by atoms with E-state index in [1.165, 1.54) is 11.6 Å². The zero-order valence-electron chi connectivity index (χ0n) is 15.0. The molecule has 26 heavy (non-hydrogen) atoms. The van der Waals surface area contributed by atoms with Crippen LogP contribution in [0.1, 0.15) is 12.0 Å². The molecule has 0 aliphatic carbocycles. The van der Waals surface area contributed by atoms with E-state index in [4.69, 9.17) is 4.74 Å². The Kier molecular flexibility index (Phi) is 4.64. The molecule has 2 heterocycles. The molecule has 1 N–H and O–H groups in total. The normalized spacial score (nSPS) is 18.5. The van der Waals surface area contributed by atoms with Crippen molar-refractivity contribution in [2.45, 2.75) is 6.42 Å². The number of hydrogen-bond donors (Lipinski definition) is 1. The van der Waals surface area contributed by atoms with Gasteiger partial charge in [0.2, 0.25) is 0 Å². The van der Waals surface area contributed by atoms with E-state index >= 15 is 0 Å². The summed E-state index contributed by atoms with van der Waals surface area (Å²) in [6.07, 6.45) is 5.56. The lowest BCUT2D eigenvalue weighted by Gasteiger charge is -2.19. The van der Waals surface area contributed by atoms with Crippen LogP contribution in [0, 0.1) is 17.2 Å². The number of fused-ring (bicyclic) bond motifs is 1. The Morgan fingerprint density at radius 3 is 3.00 bits per heavy atom. The fourth-order valence-corrected chi connectivity index (χ4v) is 3.59. The van der Waals surface area contributed by atoms with Crippen LogP contribution in [0.5, 0.6) is 5.75 Å². The maximum Gasteiger partial charge on any atom is 0.129 e. The fourth-order valence-electron chi connectivity index (χ4n) is 3.59. The van der Waals surface area contributed by atoms with Gasteiger partial charge < -0.3 is 15.0 Å². The number of nitrogens with one attached hydrogen (secondary N) is 1. The fraction of sp³-hybridized carbons (Fsp3) is 0.318. The lowest BCUT2D eigenvalue weighted by molar-refractivity contribution is 0.257. The number of nitriles is 1. The molecular formula is C22H23N3O. The molecule has 2 aliphatic rings. The third kappa shape index (κ3) is 3.44. The van der Waals surface area contributed by atoms with Gasteiger partial charge in [-0.15, -0.1) is 0 Å². The number of benzene rings is 2. The Balaban J connectivity index is 1.75. The Labute approximate surface area is 154 Å². The summed E-state index contributed by atoms with van der Waals surface area (Å²) in [6.45, 7) is 3.73. The first-order valence-electron chi connectivity index (χ1n) is 9.13. The molecule has 0 radical (unpaired) electrons. The molecule has 0 spiro atoms. The van der Waals surface area contributed by atoms with Gasteiger partial charge in [0.1, 0.15) is 5.75 Å². The third-order valence-electron chi connectivity index (χ3n) is 5.08. The lowest BCUT2D eigenvalue weighted by Crippen LogP contribution is -2.35. The van der Waals surface area contributed by atoms with Gasteiger partial charge in [-0.25, -0.2) is 0 Å². The highest BCUT2D eigenvalue weighted by atomic mass is 16.5. The Hall–Kier alpha value is -2.77. The number of ether oxygens (including phenoxy) is 1. The molecule has 0 saturated carbocycles. The van der Waals surface area contributed by atoms with Crippen LogP contribution in [-0.2, 0) is 0 Å². The average molecular weight is 345 g/mol. The zero-order valence-corrected chi connectivity index (χ0v) is 15.0. The average Bonchev–Trinajstić information content (AvgIpc) is 3.19. The molecule has 132 valence electrons. The van der Waals surface area contributed by atoms with E-state index < -0.39 is 0 Å². The van der Waals surface area contributed by atoms with Gasteiger partial charge >= 0.3 is 0 Å². The summed E-state index contributed by atoms with van der Waals surface area (Å²) in [6, 6.07) is 14.3. The number of nitrogens with zero attached hydrogens (tertiary/aromatic N) is 2. The van der Waals surface area contributed by atoms with Crippen molar-refractivity contribution in [3.8, 4) is 22.9 Å². The Morgan fingerprint density at radius 2 is 2.19 bits per heavy atom. The predicted molar refractivity (Wildman–Crippen MR) is 104 cm³/mol. The first kappa shape index (κ1) is 16.7. The van der Waals surface area contributed by atoms with E-state index in [0.29, 0.717) is 11.5 Å². The topological polar surface area (TPSA) is 48.3 Å². The molecule has 4 rings (SSSR count). The van der Waals surface area contributed by atoms with Crippen LogP contribution in [-0.4, -0.2) is 38.2 Å². The highest BCUT2D eigenvalue weighted by Crippen LogP contribution is 2.22. The van der Waals surface area contributed by atoms with Crippen molar-refractivity contribution in [3.63, 3.8) is 0 Å². The first-order valence-corrected chi connectivity index (χ1v) is 9.13. The van der Waals surface area contributed by atoms with E-state index in [-0.39, 0.29) is 0 Å². The van der Waals surface area contributed by atoms with E-state index in [2.05, 4.69) is 47.7 Å². The molecule has 4 heteroatoms. The van der Waals surface area contributed by atoms with Gasteiger partial charge in [-0.1, -0.05) is 18.2 Å². The van der Waals surface area contributed by atoms with Crippen LogP contribution in [0.4, 0.5) is 0 Å². The van der Waals surface area contributed by atoms with Crippen molar-refractivity contribution in [3.05, 3.63) is 52.4 Å². The molecule has 1 atom stereocenters. The molecular weight excluding hydrogens is 322 g/mol. The maximum absolute atomic E-state index is 9.19. The Bertz CT molecular complexity index is 968. The second-order valence-corrected chi connectivity index (χ2v) is 7.11. The first-order chi connectivity index (χ1) is 12.7. The van der Waals surface area contributed by atoms with Crippen molar-refractivity contribution in [2.24, 2.45) is 5.92 Å². The summed E-state index contributed by atoms with van der Waals surface area (Å²) in [5.74, 6) is 1.50. The van der Waals surface area contributed by atoms with E-state index in [1.807, 2.05) is 24.3 Å². The third-order valence-corrected chi connectivity index (χ3v) is 5.08. The number of hydrogen-bond acceptors (Lipinski definition) is 4. The molecule has 0 aromatic heterocycles. The summed E-state index contributed by atoms with van der Waals surface area (Å²) < 4.78 is 6.27. The summed E-state index contributed by atoms with van der Waals surface area (Å²) in [7, 11) is 2.08. The van der Waals surface area contributed by atoms with Gasteiger partial charge in [-0.2, -0.15) is 5.26 Å². The molecule has 0 bridgehead atoms. The second kappa shape index (κ2) is 7.23. The SMILES string of the molecule is CN1C=c2c(OCC3CCNC3)cc(-c3cccc(C#N)c3)cc2=CC1. The molecule has 2 aliphatic heterocycles. The van der Waals surface area contributed by atoms with Gasteiger partial charge in [0.05, 0.1) is 18.2 Å². The van der Waals surface area contributed by atoms with Crippen LogP contribution in [0.15, 0.2) is 36.4 Å². The highest BCUT2D eigenvalue weighted by Gasteiger charge is 2.16. The smallest absolute Gasteiger partial charge is 0.129 e. The number of rotatable bonds is 4. The van der Waals surface area contributed by atoms with E-state index in [9.17, 15) is 5.26 Å². The van der Waals surface area contributed by atoms with Crippen molar-refractivity contribution >= 4 is 12.3 Å². The van der Waals surface area contributed by atoms with Gasteiger partial charge in [-0.05, 0) is 53.6 Å². The van der Waals surface area contributed by atoms with Gasteiger partial charge in [0.15, 0.2) is 0 Å².